The number of carboxylic acid groups (broad SMARTS) is 1. The molecule has 6 rings (SSSR count). The highest BCUT2D eigenvalue weighted by molar-refractivity contribution is 6.07. The third-order valence-corrected chi connectivity index (χ3v) is 9.00. The minimum Gasteiger partial charge on any atom is -0.478 e. The van der Waals surface area contributed by atoms with Crippen molar-refractivity contribution in [1.29, 1.82) is 0 Å². The lowest BCUT2D eigenvalue weighted by molar-refractivity contribution is -0.131. The van der Waals surface area contributed by atoms with Crippen LogP contribution >= 0.6 is 0 Å². The summed E-state index contributed by atoms with van der Waals surface area (Å²) >= 11 is 0. The van der Waals surface area contributed by atoms with Gasteiger partial charge in [-0.3, -0.25) is 19.0 Å². The lowest BCUT2D eigenvalue weighted by Gasteiger charge is -2.24. The Bertz CT molecular complexity index is 2070. The number of nitrogens with zero attached hydrogens (tertiary/aromatic N) is 3. The fourth-order valence-corrected chi connectivity index (χ4v) is 6.57. The molecule has 9 nitrogen and oxygen atoms in total. The summed E-state index contributed by atoms with van der Waals surface area (Å²) in [5, 5.41) is 12.7. The number of amides is 2. The first-order chi connectivity index (χ1) is 23.2. The smallest absolute Gasteiger partial charge is 0.328 e. The van der Waals surface area contributed by atoms with Crippen LogP contribution in [0.4, 0.5) is 5.69 Å². The number of anilines is 1. The van der Waals surface area contributed by atoms with Gasteiger partial charge < -0.3 is 19.9 Å². The van der Waals surface area contributed by atoms with E-state index in [-0.39, 0.29) is 18.1 Å². The van der Waals surface area contributed by atoms with E-state index in [1.54, 1.807) is 67.7 Å². The summed E-state index contributed by atoms with van der Waals surface area (Å²) in [5.74, 6) is -1.19. The molecule has 2 amide bonds. The molecule has 244 valence electrons. The van der Waals surface area contributed by atoms with E-state index in [2.05, 4.69) is 22.0 Å². The normalized spacial score (nSPS) is 13.5. The first-order valence-electron chi connectivity index (χ1n) is 16.2. The zero-order valence-electron chi connectivity index (χ0n) is 27.1. The molecule has 0 unspecified atom stereocenters. The van der Waals surface area contributed by atoms with Crippen LogP contribution in [0.25, 0.3) is 33.9 Å². The summed E-state index contributed by atoms with van der Waals surface area (Å²) in [7, 11) is 3.49. The second kappa shape index (κ2) is 14.0. The molecular formula is C39H38N4O5. The van der Waals surface area contributed by atoms with Gasteiger partial charge >= 0.3 is 5.97 Å². The number of nitrogens with one attached hydrogen (secondary N) is 1. The minimum atomic E-state index is -1.05. The first-order valence-corrected chi connectivity index (χ1v) is 16.2. The van der Waals surface area contributed by atoms with E-state index in [1.165, 1.54) is 22.6 Å². The number of hydrogen-bond donors (Lipinski definition) is 2. The highest BCUT2D eigenvalue weighted by atomic mass is 16.4. The van der Waals surface area contributed by atoms with Gasteiger partial charge in [0, 0.05) is 43.0 Å². The minimum absolute atomic E-state index is 0.0510. The molecule has 2 N–H and O–H groups in total. The van der Waals surface area contributed by atoms with Gasteiger partial charge in [0.15, 0.2) is 0 Å². The number of carbonyl (C=O) groups excluding carboxylic acids is 2. The molecule has 0 saturated heterocycles. The lowest BCUT2D eigenvalue weighted by Crippen LogP contribution is -2.26. The summed E-state index contributed by atoms with van der Waals surface area (Å²) in [6.45, 7) is 0.125. The Labute approximate surface area is 278 Å². The monoisotopic (exact) mass is 642 g/mol. The summed E-state index contributed by atoms with van der Waals surface area (Å²) in [4.78, 5) is 52.8. The molecule has 1 fully saturated rings. The standard InChI is InChI=1S/C39H38N4O5/c1-41(2)34(44)25-43-33-24-29(18-21-31(33)36(27-10-5-3-6-11-27)37(43)28-12-7-4-8-13-28)38(47)40-32-14-9-23-42(39(32)48)30-19-15-26(16-20-30)17-22-35(45)46/h4,7-9,12-24,27H,3,5-6,10-11,25H2,1-2H3,(H,40,47)(H,45,46)/b22-17+. The molecule has 1 aliphatic rings. The van der Waals surface area contributed by atoms with Crippen LogP contribution in [0.5, 0.6) is 0 Å². The van der Waals surface area contributed by atoms with Gasteiger partial charge in [0.2, 0.25) is 5.91 Å². The topological polar surface area (TPSA) is 114 Å². The van der Waals surface area contributed by atoms with Crippen LogP contribution in [0, 0.1) is 0 Å². The Hall–Kier alpha value is -5.70. The number of carbonyl (C=O) groups is 3. The van der Waals surface area contributed by atoms with Gasteiger partial charge in [0.05, 0.1) is 11.2 Å². The van der Waals surface area contributed by atoms with Crippen molar-refractivity contribution in [2.75, 3.05) is 19.4 Å². The van der Waals surface area contributed by atoms with Gasteiger partial charge in [0.25, 0.3) is 11.5 Å². The van der Waals surface area contributed by atoms with Crippen LogP contribution in [0.3, 0.4) is 0 Å². The molecule has 0 radical (unpaired) electrons. The molecule has 1 aliphatic carbocycles. The van der Waals surface area contributed by atoms with Crippen molar-refractivity contribution in [1.82, 2.24) is 14.0 Å². The number of aromatic nitrogens is 2. The Kier molecular flexibility index (Phi) is 9.38. The molecule has 3 aromatic carbocycles. The van der Waals surface area contributed by atoms with Gasteiger partial charge in [-0.2, -0.15) is 0 Å². The van der Waals surface area contributed by atoms with Crippen molar-refractivity contribution in [3.63, 3.8) is 0 Å². The van der Waals surface area contributed by atoms with Crippen LogP contribution in [0.1, 0.15) is 59.5 Å². The van der Waals surface area contributed by atoms with Crippen molar-refractivity contribution in [2.24, 2.45) is 0 Å². The van der Waals surface area contributed by atoms with E-state index < -0.39 is 17.4 Å². The molecule has 0 aliphatic heterocycles. The predicted molar refractivity (Wildman–Crippen MR) is 189 cm³/mol. The summed E-state index contributed by atoms with van der Waals surface area (Å²) < 4.78 is 3.47. The lowest BCUT2D eigenvalue weighted by atomic mass is 9.82. The largest absolute Gasteiger partial charge is 0.478 e. The zero-order chi connectivity index (χ0) is 33.8. The number of benzene rings is 3. The van der Waals surface area contributed by atoms with E-state index in [0.717, 1.165) is 53.9 Å². The second-order valence-corrected chi connectivity index (χ2v) is 12.4. The summed E-state index contributed by atoms with van der Waals surface area (Å²) in [5.41, 5.74) is 5.39. The van der Waals surface area contributed by atoms with Crippen LogP contribution in [-0.2, 0) is 16.1 Å². The predicted octanol–water partition coefficient (Wildman–Crippen LogP) is 6.95. The van der Waals surface area contributed by atoms with E-state index in [9.17, 15) is 19.2 Å². The Morgan fingerprint density at radius 1 is 0.917 bits per heavy atom. The number of likely N-dealkylation sites (N-methyl/N-ethyl adjacent to an activating group) is 1. The fourth-order valence-electron chi connectivity index (χ4n) is 6.57. The number of aliphatic carboxylic acids is 1. The van der Waals surface area contributed by atoms with Gasteiger partial charge in [0.1, 0.15) is 12.2 Å². The molecule has 0 spiro atoms. The fraction of sp³-hybridized carbons (Fsp3) is 0.231. The quantitative estimate of drug-likeness (QED) is 0.169. The number of rotatable bonds is 9. The van der Waals surface area contributed by atoms with Crippen LogP contribution < -0.4 is 10.9 Å². The first kappa shape index (κ1) is 32.2. The number of carboxylic acids is 1. The van der Waals surface area contributed by atoms with Gasteiger partial charge in [-0.1, -0.05) is 67.8 Å². The van der Waals surface area contributed by atoms with Crippen molar-refractivity contribution < 1.29 is 19.5 Å². The van der Waals surface area contributed by atoms with Crippen molar-refractivity contribution >= 4 is 40.4 Å². The summed E-state index contributed by atoms with van der Waals surface area (Å²) in [6.07, 6.45) is 9.80. The Morgan fingerprint density at radius 2 is 1.65 bits per heavy atom. The molecular weight excluding hydrogens is 604 g/mol. The molecule has 0 bridgehead atoms. The summed E-state index contributed by atoms with van der Waals surface area (Å²) in [6, 6.07) is 25.8. The number of hydrogen-bond acceptors (Lipinski definition) is 4. The van der Waals surface area contributed by atoms with Crippen LogP contribution in [-0.4, -0.2) is 51.0 Å². The van der Waals surface area contributed by atoms with Gasteiger partial charge in [-0.05, 0) is 77.9 Å². The van der Waals surface area contributed by atoms with Gasteiger partial charge in [-0.15, -0.1) is 0 Å². The average Bonchev–Trinajstić information content (AvgIpc) is 3.42. The van der Waals surface area contributed by atoms with Crippen LogP contribution in [0.2, 0.25) is 0 Å². The molecule has 2 aromatic heterocycles. The molecule has 9 heteroatoms. The van der Waals surface area contributed by atoms with E-state index in [0.29, 0.717) is 22.7 Å². The number of pyridine rings is 1. The maximum atomic E-state index is 13.7. The second-order valence-electron chi connectivity index (χ2n) is 12.4. The maximum absolute atomic E-state index is 13.7. The van der Waals surface area contributed by atoms with Gasteiger partial charge in [-0.25, -0.2) is 4.79 Å². The van der Waals surface area contributed by atoms with E-state index in [1.807, 2.05) is 30.3 Å². The van der Waals surface area contributed by atoms with Crippen molar-refractivity contribution in [3.05, 3.63) is 124 Å². The number of fused-ring (bicyclic) bond motifs is 1. The molecule has 0 atom stereocenters. The third-order valence-electron chi connectivity index (χ3n) is 9.00. The van der Waals surface area contributed by atoms with E-state index in [4.69, 9.17) is 5.11 Å². The maximum Gasteiger partial charge on any atom is 0.328 e. The highest BCUT2D eigenvalue weighted by Crippen LogP contribution is 2.44. The Balaban J connectivity index is 1.39. The highest BCUT2D eigenvalue weighted by Gasteiger charge is 2.28. The van der Waals surface area contributed by atoms with Crippen LogP contribution in [0.15, 0.2) is 102 Å². The molecule has 48 heavy (non-hydrogen) atoms. The van der Waals surface area contributed by atoms with Crippen molar-refractivity contribution in [2.45, 2.75) is 44.6 Å². The molecule has 2 heterocycles. The Morgan fingerprint density at radius 3 is 2.33 bits per heavy atom. The van der Waals surface area contributed by atoms with E-state index >= 15 is 0 Å². The third kappa shape index (κ3) is 6.71. The van der Waals surface area contributed by atoms with Crippen molar-refractivity contribution in [3.8, 4) is 16.9 Å². The SMILES string of the molecule is CN(C)C(=O)Cn1c(-c2ccccc2)c(C2CCCCC2)c2ccc(C(=O)Nc3cccn(-c4ccc(/C=C/C(=O)O)cc4)c3=O)cc21. The average molecular weight is 643 g/mol. The molecule has 1 saturated carbocycles. The molecule has 5 aromatic rings. The zero-order valence-corrected chi connectivity index (χ0v) is 27.1.